The number of H-pyrrole nitrogens is 1. The van der Waals surface area contributed by atoms with Gasteiger partial charge in [-0.05, 0) is 55.2 Å². The van der Waals surface area contributed by atoms with Crippen molar-refractivity contribution in [3.8, 4) is 22.8 Å². The number of nitrogens with one attached hydrogen (secondary N) is 1. The number of benzene rings is 2. The molecular formula is C25H24FN5O3. The first-order chi connectivity index (χ1) is 16.4. The Labute approximate surface area is 195 Å². The summed E-state index contributed by atoms with van der Waals surface area (Å²) in [6.07, 6.45) is 3.41. The van der Waals surface area contributed by atoms with Crippen molar-refractivity contribution in [3.63, 3.8) is 0 Å². The van der Waals surface area contributed by atoms with Crippen molar-refractivity contribution >= 4 is 17.5 Å². The molecule has 5 rings (SSSR count). The van der Waals surface area contributed by atoms with E-state index in [2.05, 4.69) is 10.1 Å². The van der Waals surface area contributed by atoms with Crippen molar-refractivity contribution < 1.29 is 18.7 Å². The third-order valence-electron chi connectivity index (χ3n) is 6.31. The summed E-state index contributed by atoms with van der Waals surface area (Å²) in [6.45, 7) is 2.97. The van der Waals surface area contributed by atoms with Crippen LogP contribution in [0.3, 0.4) is 0 Å². The monoisotopic (exact) mass is 461 g/mol. The van der Waals surface area contributed by atoms with Gasteiger partial charge < -0.3 is 20.4 Å². The summed E-state index contributed by atoms with van der Waals surface area (Å²) < 4.78 is 21.1. The first-order valence-corrected chi connectivity index (χ1v) is 11.1. The molecular weight excluding hydrogens is 437 g/mol. The summed E-state index contributed by atoms with van der Waals surface area (Å²) in [6, 6.07) is 13.1. The van der Waals surface area contributed by atoms with Crippen LogP contribution in [0.25, 0.3) is 16.9 Å². The fourth-order valence-corrected chi connectivity index (χ4v) is 4.52. The molecule has 0 bridgehead atoms. The van der Waals surface area contributed by atoms with E-state index in [1.54, 1.807) is 60.1 Å². The molecule has 0 spiro atoms. The minimum atomic E-state index is -0.603. The number of fused-ring (bicyclic) bond motifs is 1. The number of para-hydroxylation sites is 1. The van der Waals surface area contributed by atoms with Crippen LogP contribution in [0.1, 0.15) is 41.7 Å². The average molecular weight is 461 g/mol. The van der Waals surface area contributed by atoms with E-state index in [9.17, 15) is 14.0 Å². The second-order valence-electron chi connectivity index (χ2n) is 8.41. The van der Waals surface area contributed by atoms with Crippen LogP contribution in [0.15, 0.2) is 54.7 Å². The number of halogens is 1. The van der Waals surface area contributed by atoms with Gasteiger partial charge in [0, 0.05) is 31.1 Å². The first kappa shape index (κ1) is 21.7. The van der Waals surface area contributed by atoms with Crippen LogP contribution in [0.5, 0.6) is 11.5 Å². The number of rotatable bonds is 5. The zero-order chi connectivity index (χ0) is 23.8. The van der Waals surface area contributed by atoms with Gasteiger partial charge in [-0.25, -0.2) is 8.91 Å². The number of aromatic nitrogens is 3. The number of imidazole rings is 1. The highest BCUT2D eigenvalue weighted by Crippen LogP contribution is 2.34. The zero-order valence-corrected chi connectivity index (χ0v) is 18.6. The minimum Gasteiger partial charge on any atom is -0.454 e. The Kier molecular flexibility index (Phi) is 5.53. The Morgan fingerprint density at radius 2 is 1.82 bits per heavy atom. The van der Waals surface area contributed by atoms with E-state index in [-0.39, 0.29) is 23.3 Å². The number of amides is 2. The number of carbonyl (C=O) groups is 2. The molecule has 3 heterocycles. The molecule has 0 aliphatic carbocycles. The van der Waals surface area contributed by atoms with Crippen LogP contribution in [-0.4, -0.2) is 44.4 Å². The van der Waals surface area contributed by atoms with Gasteiger partial charge in [0.2, 0.25) is 5.91 Å². The molecule has 2 aromatic heterocycles. The van der Waals surface area contributed by atoms with E-state index >= 15 is 0 Å². The van der Waals surface area contributed by atoms with E-state index < -0.39 is 11.7 Å². The lowest BCUT2D eigenvalue weighted by atomic mass is 9.91. The predicted molar refractivity (Wildman–Crippen MR) is 124 cm³/mol. The number of hydrogen-bond donors (Lipinski definition) is 2. The van der Waals surface area contributed by atoms with E-state index in [1.165, 1.54) is 6.07 Å². The van der Waals surface area contributed by atoms with Gasteiger partial charge in [0.25, 0.3) is 5.91 Å². The Balaban J connectivity index is 1.45. The lowest BCUT2D eigenvalue weighted by Gasteiger charge is -2.30. The smallest absolute Gasteiger partial charge is 0.269 e. The molecule has 0 atom stereocenters. The second-order valence-corrected chi connectivity index (χ2v) is 8.41. The number of carbonyl (C=O) groups excluding carboxylic acids is 2. The standard InChI is InChI=1S/C25H24FN5O3/c1-15(32)30-12-10-16(11-13-30)19-14-28-31-23(24(27)33)22(29-25(19)31)17-6-8-18(9-7-17)34-21-5-3-2-4-20(21)26/h2-9,14,16,29H,10-13H2,1H3,(H2,27,33). The first-order valence-electron chi connectivity index (χ1n) is 11.1. The van der Waals surface area contributed by atoms with Gasteiger partial charge in [-0.3, -0.25) is 9.59 Å². The fraction of sp³-hybridized carbons (Fsp3) is 0.240. The number of nitrogens with zero attached hydrogens (tertiary/aromatic N) is 3. The molecule has 4 aromatic rings. The lowest BCUT2D eigenvalue weighted by molar-refractivity contribution is -0.129. The van der Waals surface area contributed by atoms with Gasteiger partial charge in [-0.2, -0.15) is 5.10 Å². The quantitative estimate of drug-likeness (QED) is 0.467. The summed E-state index contributed by atoms with van der Waals surface area (Å²) >= 11 is 0. The third kappa shape index (κ3) is 3.89. The Morgan fingerprint density at radius 1 is 1.12 bits per heavy atom. The Bertz CT molecular complexity index is 1370. The molecule has 8 nitrogen and oxygen atoms in total. The molecule has 0 unspecified atom stereocenters. The molecule has 1 fully saturated rings. The average Bonchev–Trinajstić information content (AvgIpc) is 3.40. The number of primary amides is 1. The number of piperidine rings is 1. The van der Waals surface area contributed by atoms with Crippen molar-refractivity contribution in [3.05, 3.63) is 71.8 Å². The summed E-state index contributed by atoms with van der Waals surface area (Å²) in [5.41, 5.74) is 8.96. The maximum atomic E-state index is 13.9. The lowest BCUT2D eigenvalue weighted by Crippen LogP contribution is -2.36. The molecule has 9 heteroatoms. The van der Waals surface area contributed by atoms with Crippen molar-refractivity contribution in [2.75, 3.05) is 13.1 Å². The molecule has 1 aliphatic rings. The van der Waals surface area contributed by atoms with Crippen molar-refractivity contribution in [1.29, 1.82) is 0 Å². The molecule has 3 N–H and O–H groups in total. The van der Waals surface area contributed by atoms with E-state index in [0.29, 0.717) is 24.5 Å². The summed E-state index contributed by atoms with van der Waals surface area (Å²) in [4.78, 5) is 29.2. The van der Waals surface area contributed by atoms with E-state index in [4.69, 9.17) is 10.5 Å². The van der Waals surface area contributed by atoms with E-state index in [0.717, 1.165) is 29.6 Å². The van der Waals surface area contributed by atoms with Crippen LogP contribution >= 0.6 is 0 Å². The highest BCUT2D eigenvalue weighted by Gasteiger charge is 2.27. The highest BCUT2D eigenvalue weighted by atomic mass is 19.1. The molecule has 1 saturated heterocycles. The van der Waals surface area contributed by atoms with Crippen LogP contribution in [-0.2, 0) is 4.79 Å². The van der Waals surface area contributed by atoms with Crippen molar-refractivity contribution in [2.24, 2.45) is 5.73 Å². The SMILES string of the molecule is CC(=O)N1CCC(c2cnn3c(C(N)=O)c(-c4ccc(Oc5ccccc5F)cc4)[nH]c23)CC1. The molecule has 34 heavy (non-hydrogen) atoms. The predicted octanol–water partition coefficient (Wildman–Crippen LogP) is 4.09. The van der Waals surface area contributed by atoms with Crippen LogP contribution < -0.4 is 10.5 Å². The third-order valence-corrected chi connectivity index (χ3v) is 6.31. The van der Waals surface area contributed by atoms with E-state index in [1.807, 2.05) is 4.90 Å². The maximum Gasteiger partial charge on any atom is 0.269 e. The topological polar surface area (TPSA) is 106 Å². The summed E-state index contributed by atoms with van der Waals surface area (Å²) in [5.74, 6) is -0.157. The van der Waals surface area contributed by atoms with Crippen LogP contribution in [0.4, 0.5) is 4.39 Å². The highest BCUT2D eigenvalue weighted by molar-refractivity contribution is 5.98. The molecule has 0 radical (unpaired) electrons. The summed E-state index contributed by atoms with van der Waals surface area (Å²) in [7, 11) is 0. The molecule has 1 aliphatic heterocycles. The molecule has 174 valence electrons. The molecule has 2 aromatic carbocycles. The van der Waals surface area contributed by atoms with Gasteiger partial charge in [0.05, 0.1) is 11.9 Å². The van der Waals surface area contributed by atoms with Gasteiger partial charge in [0.15, 0.2) is 17.3 Å². The number of hydrogen-bond acceptors (Lipinski definition) is 4. The van der Waals surface area contributed by atoms with Crippen LogP contribution in [0, 0.1) is 5.82 Å². The normalized spacial score (nSPS) is 14.5. The van der Waals surface area contributed by atoms with Gasteiger partial charge in [-0.15, -0.1) is 0 Å². The molecule has 2 amide bonds. The Morgan fingerprint density at radius 3 is 2.47 bits per heavy atom. The zero-order valence-electron chi connectivity index (χ0n) is 18.6. The van der Waals surface area contributed by atoms with Gasteiger partial charge >= 0.3 is 0 Å². The number of nitrogens with two attached hydrogens (primary N) is 1. The number of aromatic amines is 1. The maximum absolute atomic E-state index is 13.9. The summed E-state index contributed by atoms with van der Waals surface area (Å²) in [5, 5.41) is 4.44. The van der Waals surface area contributed by atoms with Gasteiger partial charge in [-0.1, -0.05) is 12.1 Å². The second kappa shape index (κ2) is 8.66. The minimum absolute atomic E-state index is 0.0826. The number of likely N-dealkylation sites (tertiary alicyclic amines) is 1. The van der Waals surface area contributed by atoms with Crippen molar-refractivity contribution in [1.82, 2.24) is 19.5 Å². The fourth-order valence-electron chi connectivity index (χ4n) is 4.52. The van der Waals surface area contributed by atoms with Crippen LogP contribution in [0.2, 0.25) is 0 Å². The van der Waals surface area contributed by atoms with Gasteiger partial charge in [0.1, 0.15) is 11.4 Å². The van der Waals surface area contributed by atoms with Crippen molar-refractivity contribution in [2.45, 2.75) is 25.7 Å². The number of ether oxygens (including phenoxy) is 1. The molecule has 0 saturated carbocycles. The largest absolute Gasteiger partial charge is 0.454 e. The Hall–Kier alpha value is -4.14.